The summed E-state index contributed by atoms with van der Waals surface area (Å²) in [6.45, 7) is 4.48. The molecule has 0 unspecified atom stereocenters. The number of unbranched alkanes of at least 4 members (excludes halogenated alkanes) is 3. The molecule has 0 fully saturated rings. The molecule has 284 valence electrons. The number of nitrogens with zero attached hydrogens (tertiary/aromatic N) is 7. The normalized spacial score (nSPS) is 11.3. The highest BCUT2D eigenvalue weighted by Gasteiger charge is 2.22. The SMILES string of the molecule is CCCCCCOC(=O)/N=C(\N)c1ccc(N(Cc2nc3cc(C(=O)N(CCC(=O)OCC)c4ccccn4)ccc3n2C)N=O)cc1.CS(=O)(=O)O. The van der Waals surface area contributed by atoms with Gasteiger partial charge in [-0.05, 0) is 67.9 Å². The molecule has 17 nitrogen and oxygen atoms in total. The number of rotatable bonds is 16. The van der Waals surface area contributed by atoms with Crippen LogP contribution >= 0.6 is 0 Å². The van der Waals surface area contributed by atoms with Crippen LogP contribution in [-0.4, -0.2) is 77.3 Å². The Morgan fingerprint density at radius 1 is 0.981 bits per heavy atom. The van der Waals surface area contributed by atoms with Crippen LogP contribution in [0.3, 0.4) is 0 Å². The number of esters is 1. The van der Waals surface area contributed by atoms with E-state index in [0.29, 0.717) is 40.2 Å². The summed E-state index contributed by atoms with van der Waals surface area (Å²) in [5, 5.41) is 4.41. The smallest absolute Gasteiger partial charge is 0.435 e. The third kappa shape index (κ3) is 13.4. The van der Waals surface area contributed by atoms with Gasteiger partial charge in [0.05, 0.1) is 47.9 Å². The van der Waals surface area contributed by atoms with Crippen LogP contribution < -0.4 is 15.6 Å². The lowest BCUT2D eigenvalue weighted by Crippen LogP contribution is -2.34. The van der Waals surface area contributed by atoms with Crippen LogP contribution in [0.25, 0.3) is 11.0 Å². The topological polar surface area (TPSA) is 229 Å². The maximum absolute atomic E-state index is 13.7. The highest BCUT2D eigenvalue weighted by molar-refractivity contribution is 7.85. The zero-order valence-corrected chi connectivity index (χ0v) is 30.9. The lowest BCUT2D eigenvalue weighted by Gasteiger charge is -2.21. The average Bonchev–Trinajstić information content (AvgIpc) is 3.44. The van der Waals surface area contributed by atoms with Gasteiger partial charge in [-0.1, -0.05) is 32.3 Å². The molecule has 2 aromatic carbocycles. The Labute approximate surface area is 307 Å². The second-order valence-corrected chi connectivity index (χ2v) is 13.0. The summed E-state index contributed by atoms with van der Waals surface area (Å²) >= 11 is 0. The van der Waals surface area contributed by atoms with E-state index in [1.54, 1.807) is 80.8 Å². The number of carbonyl (C=O) groups is 3. The number of ether oxygens (including phenoxy) is 2. The van der Waals surface area contributed by atoms with Crippen LogP contribution in [0.2, 0.25) is 0 Å². The van der Waals surface area contributed by atoms with Gasteiger partial charge < -0.3 is 19.8 Å². The number of fused-ring (bicyclic) bond motifs is 1. The van der Waals surface area contributed by atoms with E-state index in [-0.39, 0.29) is 44.5 Å². The molecule has 0 bridgehead atoms. The fourth-order valence-corrected chi connectivity index (χ4v) is 4.94. The van der Waals surface area contributed by atoms with E-state index >= 15 is 0 Å². The van der Waals surface area contributed by atoms with Gasteiger partial charge in [0.25, 0.3) is 16.0 Å². The van der Waals surface area contributed by atoms with Gasteiger partial charge in [-0.15, -0.1) is 4.91 Å². The molecule has 53 heavy (non-hydrogen) atoms. The van der Waals surface area contributed by atoms with Crippen molar-refractivity contribution < 1.29 is 36.8 Å². The summed E-state index contributed by atoms with van der Waals surface area (Å²) < 4.78 is 37.8. The highest BCUT2D eigenvalue weighted by atomic mass is 32.2. The van der Waals surface area contributed by atoms with Crippen molar-refractivity contribution in [1.82, 2.24) is 14.5 Å². The molecule has 4 rings (SSSR count). The molecular formula is C35H44N8O9S. The number of hydrogen-bond acceptors (Lipinski definition) is 11. The van der Waals surface area contributed by atoms with E-state index in [4.69, 9.17) is 19.8 Å². The number of aliphatic imine (C=N–C) groups is 1. The zero-order chi connectivity index (χ0) is 39.0. The summed E-state index contributed by atoms with van der Waals surface area (Å²) in [6, 6.07) is 16.8. The van der Waals surface area contributed by atoms with Crippen molar-refractivity contribution in [2.45, 2.75) is 52.5 Å². The van der Waals surface area contributed by atoms with Gasteiger partial charge in [0.1, 0.15) is 24.0 Å². The minimum absolute atomic E-state index is 0.00562. The van der Waals surface area contributed by atoms with Gasteiger partial charge in [0, 0.05) is 30.9 Å². The Morgan fingerprint density at radius 3 is 2.30 bits per heavy atom. The Morgan fingerprint density at radius 2 is 1.68 bits per heavy atom. The number of anilines is 2. The number of imidazole rings is 1. The molecule has 4 aromatic rings. The Kier molecular flexibility index (Phi) is 16.0. The Hall–Kier alpha value is -5.75. The summed E-state index contributed by atoms with van der Waals surface area (Å²) in [5.74, 6) is 0.146. The van der Waals surface area contributed by atoms with Gasteiger partial charge >= 0.3 is 12.1 Å². The molecule has 18 heteroatoms. The molecule has 2 heterocycles. The molecule has 0 aliphatic rings. The van der Waals surface area contributed by atoms with Crippen molar-refractivity contribution in [3.63, 3.8) is 0 Å². The number of nitroso groups, excluding NO2 is 1. The molecule has 2 aromatic heterocycles. The molecule has 0 saturated heterocycles. The lowest BCUT2D eigenvalue weighted by molar-refractivity contribution is -0.142. The van der Waals surface area contributed by atoms with Crippen molar-refractivity contribution in [2.24, 2.45) is 23.1 Å². The second kappa shape index (κ2) is 20.3. The fraction of sp³-hybridized carbons (Fsp3) is 0.371. The number of carbonyl (C=O) groups excluding carboxylic acids is 3. The molecule has 3 N–H and O–H groups in total. The molecule has 0 radical (unpaired) electrons. The monoisotopic (exact) mass is 752 g/mol. The average molecular weight is 753 g/mol. The summed E-state index contributed by atoms with van der Waals surface area (Å²) in [5.41, 5.74) is 8.58. The fourth-order valence-electron chi connectivity index (χ4n) is 4.94. The first kappa shape index (κ1) is 41.7. The molecular weight excluding hydrogens is 708 g/mol. The van der Waals surface area contributed by atoms with Crippen molar-refractivity contribution >= 4 is 56.5 Å². The maximum atomic E-state index is 13.7. The molecule has 0 spiro atoms. The van der Waals surface area contributed by atoms with E-state index < -0.39 is 22.2 Å². The third-order valence-corrected chi connectivity index (χ3v) is 7.52. The number of aromatic nitrogens is 3. The number of hydrogen-bond donors (Lipinski definition) is 2. The van der Waals surface area contributed by atoms with E-state index in [9.17, 15) is 27.7 Å². The molecule has 0 aliphatic heterocycles. The molecule has 2 amide bonds. The number of pyridine rings is 1. The van der Waals surface area contributed by atoms with Gasteiger partial charge in [-0.25, -0.2) is 19.8 Å². The minimum atomic E-state index is -3.67. The number of amides is 2. The van der Waals surface area contributed by atoms with E-state index in [0.717, 1.165) is 31.2 Å². The number of amidine groups is 1. The first-order chi connectivity index (χ1) is 25.2. The number of benzene rings is 2. The quantitative estimate of drug-likeness (QED) is 0.0286. The Bertz CT molecular complexity index is 1980. The zero-order valence-electron chi connectivity index (χ0n) is 30.0. The largest absolute Gasteiger partial charge is 0.466 e. The predicted octanol–water partition coefficient (Wildman–Crippen LogP) is 5.18. The Balaban J connectivity index is 0.00000141. The van der Waals surface area contributed by atoms with Crippen LogP contribution in [0.5, 0.6) is 0 Å². The van der Waals surface area contributed by atoms with Gasteiger partial charge in [0.2, 0.25) is 0 Å². The van der Waals surface area contributed by atoms with Crippen molar-refractivity contribution in [3.8, 4) is 0 Å². The first-order valence-corrected chi connectivity index (χ1v) is 18.6. The highest BCUT2D eigenvalue weighted by Crippen LogP contribution is 2.23. The van der Waals surface area contributed by atoms with Crippen molar-refractivity contribution in [3.05, 3.63) is 88.7 Å². The summed E-state index contributed by atoms with van der Waals surface area (Å²) in [6.07, 6.45) is 5.45. The minimum Gasteiger partial charge on any atom is -0.466 e. The van der Waals surface area contributed by atoms with E-state index in [1.807, 2.05) is 4.57 Å². The van der Waals surface area contributed by atoms with E-state index in [2.05, 4.69) is 27.2 Å². The van der Waals surface area contributed by atoms with Crippen molar-refractivity contribution in [1.29, 1.82) is 0 Å². The third-order valence-electron chi connectivity index (χ3n) is 7.52. The lowest BCUT2D eigenvalue weighted by atomic mass is 10.1. The summed E-state index contributed by atoms with van der Waals surface area (Å²) in [4.78, 5) is 63.9. The van der Waals surface area contributed by atoms with Crippen LogP contribution in [0.15, 0.2) is 77.1 Å². The van der Waals surface area contributed by atoms with Gasteiger partial charge in [-0.3, -0.25) is 19.0 Å². The van der Waals surface area contributed by atoms with Crippen LogP contribution in [0.1, 0.15) is 67.7 Å². The van der Waals surface area contributed by atoms with Gasteiger partial charge in [0.15, 0.2) is 0 Å². The number of nitrogens with two attached hydrogens (primary N) is 1. The maximum Gasteiger partial charge on any atom is 0.435 e. The van der Waals surface area contributed by atoms with Crippen LogP contribution in [-0.2, 0) is 38.0 Å². The summed E-state index contributed by atoms with van der Waals surface area (Å²) in [7, 11) is -1.86. The standard InChI is InChI=1S/C34H40N8O6.CH4O3S/c1-4-6-7-10-21-48-34(45)38-32(35)24-12-15-26(16-13-24)42(39-46)23-30-37-27-22-25(14-17-28(27)40(30)3)33(44)41(20-18-31(43)47-5-2)29-11-8-9-19-36-29;1-5(2,3)4/h8-9,11-17,19,22H,4-7,10,18,20-21,23H2,1-3H3,(H2,35,38,45);1H3,(H,2,3,4). The second-order valence-electron chi connectivity index (χ2n) is 11.6. The van der Waals surface area contributed by atoms with Crippen LogP contribution in [0.4, 0.5) is 16.3 Å². The first-order valence-electron chi connectivity index (χ1n) is 16.7. The molecule has 0 atom stereocenters. The predicted molar refractivity (Wildman–Crippen MR) is 200 cm³/mol. The molecule has 0 saturated carbocycles. The van der Waals surface area contributed by atoms with E-state index in [1.165, 1.54) is 9.91 Å². The van der Waals surface area contributed by atoms with Crippen LogP contribution in [0, 0.1) is 4.91 Å². The van der Waals surface area contributed by atoms with Crippen molar-refractivity contribution in [2.75, 3.05) is 35.9 Å². The van der Waals surface area contributed by atoms with Gasteiger partial charge in [-0.2, -0.15) is 13.4 Å². The molecule has 0 aliphatic carbocycles. The number of aryl methyl sites for hydroxylation is 1.